The third-order valence-electron chi connectivity index (χ3n) is 4.56. The monoisotopic (exact) mass is 459 g/mol. The Kier molecular flexibility index (Phi) is 10.8. The molecule has 0 bridgehead atoms. The molecule has 1 aromatic heterocycles. The molecule has 4 N–H and O–H groups in total. The molecule has 0 aliphatic carbocycles. The summed E-state index contributed by atoms with van der Waals surface area (Å²) in [5.41, 5.74) is 2.04. The zero-order valence-corrected chi connectivity index (χ0v) is 18.8. The van der Waals surface area contributed by atoms with Crippen LogP contribution in [0.1, 0.15) is 25.0 Å². The molecule has 0 spiro atoms. The summed E-state index contributed by atoms with van der Waals surface area (Å²) in [4.78, 5) is 34.2. The summed E-state index contributed by atoms with van der Waals surface area (Å²) >= 11 is 0. The van der Waals surface area contributed by atoms with Gasteiger partial charge in [0.25, 0.3) is 6.73 Å². The molecule has 0 aliphatic rings. The number of ether oxygens (including phenoxy) is 2. The fraction of sp³-hybridized carbons (Fsp3) is 0.391. The largest absolute Gasteiger partial charge is 0.480 e. The van der Waals surface area contributed by atoms with Crippen molar-refractivity contribution in [2.24, 2.45) is 0 Å². The molecule has 10 heteroatoms. The lowest BCUT2D eigenvalue weighted by molar-refractivity contribution is -0.727. The van der Waals surface area contributed by atoms with Gasteiger partial charge in [0.1, 0.15) is 6.04 Å². The predicted octanol–water partition coefficient (Wildman–Crippen LogP) is 0.942. The van der Waals surface area contributed by atoms with Crippen LogP contribution < -0.4 is 20.5 Å². The Morgan fingerprint density at radius 1 is 1.00 bits per heavy atom. The van der Waals surface area contributed by atoms with Crippen molar-refractivity contribution in [1.82, 2.24) is 16.0 Å². The number of rotatable bonds is 13. The first-order chi connectivity index (χ1) is 15.8. The van der Waals surface area contributed by atoms with Crippen LogP contribution in [0.2, 0.25) is 0 Å². The zero-order valence-electron chi connectivity index (χ0n) is 18.8. The summed E-state index contributed by atoms with van der Waals surface area (Å²) in [5.74, 6) is -1.52. The Morgan fingerprint density at radius 2 is 1.70 bits per heavy atom. The SMILES string of the molecule is C[C@H](NC(=O)CNCOCc1cc[n+](COC(=O)N[C@@H](C)Cc2ccccc2)cc1)C(=O)O. The molecule has 10 nitrogen and oxygen atoms in total. The lowest BCUT2D eigenvalue weighted by atomic mass is 10.1. The molecular weight excluding hydrogens is 428 g/mol. The first kappa shape index (κ1) is 25.8. The summed E-state index contributed by atoms with van der Waals surface area (Å²) in [7, 11) is 0. The molecule has 2 aromatic rings. The van der Waals surface area contributed by atoms with Crippen molar-refractivity contribution in [2.45, 2.75) is 45.7 Å². The third kappa shape index (κ3) is 10.6. The zero-order chi connectivity index (χ0) is 24.1. The van der Waals surface area contributed by atoms with Crippen LogP contribution in [0, 0.1) is 0 Å². The molecule has 0 saturated carbocycles. The van der Waals surface area contributed by atoms with Crippen molar-refractivity contribution in [3.8, 4) is 0 Å². The highest BCUT2D eigenvalue weighted by atomic mass is 16.6. The van der Waals surface area contributed by atoms with Gasteiger partial charge >= 0.3 is 12.1 Å². The van der Waals surface area contributed by atoms with Crippen LogP contribution in [-0.4, -0.2) is 48.4 Å². The molecule has 0 radical (unpaired) electrons. The normalized spacial score (nSPS) is 12.4. The van der Waals surface area contributed by atoms with E-state index in [1.54, 1.807) is 17.0 Å². The van der Waals surface area contributed by atoms with Crippen molar-refractivity contribution in [3.05, 3.63) is 66.0 Å². The summed E-state index contributed by atoms with van der Waals surface area (Å²) in [6.45, 7) is 3.80. The van der Waals surface area contributed by atoms with E-state index in [0.29, 0.717) is 6.61 Å². The van der Waals surface area contributed by atoms with E-state index in [2.05, 4.69) is 16.0 Å². The number of benzene rings is 1. The third-order valence-corrected chi connectivity index (χ3v) is 4.56. The van der Waals surface area contributed by atoms with E-state index in [1.807, 2.05) is 49.4 Å². The van der Waals surface area contributed by atoms with Crippen molar-refractivity contribution in [3.63, 3.8) is 0 Å². The maximum atomic E-state index is 12.0. The van der Waals surface area contributed by atoms with E-state index >= 15 is 0 Å². The standard InChI is InChI=1S/C23H30N4O6/c1-17(12-19-6-4-3-5-7-19)25-23(31)33-16-27-10-8-20(9-11-27)14-32-15-24-13-21(28)26-18(2)22(29)30/h3-11,17-18,24H,12-16H2,1-2H3,(H2-,25,26,28,29,30,31)/p+1/t17-,18-/m0/s1. The van der Waals surface area contributed by atoms with E-state index in [-0.39, 0.29) is 26.0 Å². The number of aliphatic carboxylic acids is 1. The second-order valence-corrected chi connectivity index (χ2v) is 7.56. The van der Waals surface area contributed by atoms with Gasteiger partial charge in [0.2, 0.25) is 5.91 Å². The highest BCUT2D eigenvalue weighted by Crippen LogP contribution is 2.03. The fourth-order valence-electron chi connectivity index (χ4n) is 2.83. The number of alkyl carbamates (subject to hydrolysis) is 1. The molecule has 0 fully saturated rings. The van der Waals surface area contributed by atoms with Crippen LogP contribution in [0.5, 0.6) is 0 Å². The molecule has 0 unspecified atom stereocenters. The summed E-state index contributed by atoms with van der Waals surface area (Å²) < 4.78 is 12.4. The van der Waals surface area contributed by atoms with Gasteiger partial charge in [-0.2, -0.15) is 4.57 Å². The number of hydrogen-bond acceptors (Lipinski definition) is 6. The van der Waals surface area contributed by atoms with Crippen LogP contribution in [0.4, 0.5) is 4.79 Å². The smallest absolute Gasteiger partial charge is 0.412 e. The molecule has 2 amide bonds. The number of carbonyl (C=O) groups is 3. The van der Waals surface area contributed by atoms with Gasteiger partial charge in [-0.05, 0) is 31.4 Å². The molecule has 2 atom stereocenters. The topological polar surface area (TPSA) is 130 Å². The predicted molar refractivity (Wildman–Crippen MR) is 119 cm³/mol. The van der Waals surface area contributed by atoms with Crippen LogP contribution >= 0.6 is 0 Å². The van der Waals surface area contributed by atoms with Crippen LogP contribution in [-0.2, 0) is 38.8 Å². The number of carboxylic acids is 1. The number of hydrogen-bond donors (Lipinski definition) is 4. The van der Waals surface area contributed by atoms with Gasteiger partial charge in [0.05, 0.1) is 19.9 Å². The van der Waals surface area contributed by atoms with Crippen molar-refractivity contribution in [2.75, 3.05) is 13.3 Å². The van der Waals surface area contributed by atoms with E-state index in [1.165, 1.54) is 6.92 Å². The number of pyridine rings is 1. The number of aromatic nitrogens is 1. The Balaban J connectivity index is 1.60. The Labute approximate surface area is 192 Å². The second-order valence-electron chi connectivity index (χ2n) is 7.56. The quantitative estimate of drug-likeness (QED) is 0.199. The van der Waals surface area contributed by atoms with Crippen LogP contribution in [0.15, 0.2) is 54.9 Å². The summed E-state index contributed by atoms with van der Waals surface area (Å²) in [6.07, 6.45) is 3.78. The molecule has 178 valence electrons. The maximum Gasteiger partial charge on any atom is 0.412 e. The van der Waals surface area contributed by atoms with E-state index in [4.69, 9.17) is 14.6 Å². The van der Waals surface area contributed by atoms with Crippen LogP contribution in [0.25, 0.3) is 0 Å². The van der Waals surface area contributed by atoms with E-state index < -0.39 is 24.0 Å². The molecule has 1 heterocycles. The lowest BCUT2D eigenvalue weighted by Gasteiger charge is -2.13. The van der Waals surface area contributed by atoms with Gasteiger partial charge in [-0.1, -0.05) is 30.3 Å². The fourth-order valence-corrected chi connectivity index (χ4v) is 2.83. The minimum atomic E-state index is -1.09. The minimum Gasteiger partial charge on any atom is -0.480 e. The highest BCUT2D eigenvalue weighted by molar-refractivity contribution is 5.84. The molecular formula is C23H31N4O6+. The maximum absolute atomic E-state index is 12.0. The molecule has 0 aliphatic heterocycles. The lowest BCUT2D eigenvalue weighted by Crippen LogP contribution is -2.43. The average molecular weight is 460 g/mol. The van der Waals surface area contributed by atoms with Gasteiger partial charge in [-0.25, -0.2) is 4.79 Å². The highest BCUT2D eigenvalue weighted by Gasteiger charge is 2.13. The Morgan fingerprint density at radius 3 is 2.36 bits per heavy atom. The average Bonchev–Trinajstić information content (AvgIpc) is 2.78. The number of nitrogens with one attached hydrogen (secondary N) is 3. The van der Waals surface area contributed by atoms with Gasteiger partial charge in [-0.3, -0.25) is 14.9 Å². The van der Waals surface area contributed by atoms with Gasteiger partial charge in [-0.15, -0.1) is 0 Å². The first-order valence-corrected chi connectivity index (χ1v) is 10.6. The Hall–Kier alpha value is -3.50. The number of carboxylic acid groups (broad SMARTS) is 1. The Bertz CT molecular complexity index is 892. The van der Waals surface area contributed by atoms with Crippen molar-refractivity contribution < 1.29 is 33.5 Å². The van der Waals surface area contributed by atoms with Crippen molar-refractivity contribution in [1.29, 1.82) is 0 Å². The van der Waals surface area contributed by atoms with Crippen molar-refractivity contribution >= 4 is 18.0 Å². The molecule has 33 heavy (non-hydrogen) atoms. The van der Waals surface area contributed by atoms with E-state index in [9.17, 15) is 14.4 Å². The van der Waals surface area contributed by atoms with Gasteiger partial charge in [0, 0.05) is 18.2 Å². The number of amides is 2. The number of carbonyl (C=O) groups excluding carboxylic acids is 2. The minimum absolute atomic E-state index is 0.0459. The van der Waals surface area contributed by atoms with Gasteiger partial charge < -0.3 is 25.2 Å². The molecule has 1 aromatic carbocycles. The molecule has 2 rings (SSSR count). The van der Waals surface area contributed by atoms with Gasteiger partial charge in [0.15, 0.2) is 12.4 Å². The van der Waals surface area contributed by atoms with E-state index in [0.717, 1.165) is 17.5 Å². The first-order valence-electron chi connectivity index (χ1n) is 10.6. The van der Waals surface area contributed by atoms with Crippen LogP contribution in [0.3, 0.4) is 0 Å². The summed E-state index contributed by atoms with van der Waals surface area (Å²) in [5, 5.41) is 16.7. The second kappa shape index (κ2) is 13.8. The number of nitrogens with zero attached hydrogens (tertiary/aromatic N) is 1. The molecule has 0 saturated heterocycles. The summed E-state index contributed by atoms with van der Waals surface area (Å²) in [6, 6.07) is 12.6.